The zero-order valence-corrected chi connectivity index (χ0v) is 11.5. The fourth-order valence-corrected chi connectivity index (χ4v) is 2.23. The van der Waals surface area contributed by atoms with Gasteiger partial charge in [0.15, 0.2) is 6.61 Å². The first-order valence-corrected chi connectivity index (χ1v) is 6.95. The molecule has 0 aliphatic carbocycles. The molecule has 5 nitrogen and oxygen atoms in total. The number of nitrogens with one attached hydrogen (secondary N) is 1. The second kappa shape index (κ2) is 7.39. The molecule has 2 amide bonds. The molecule has 0 unspecified atom stereocenters. The van der Waals surface area contributed by atoms with Crippen molar-refractivity contribution in [3.05, 3.63) is 24.3 Å². The Morgan fingerprint density at radius 2 is 1.85 bits per heavy atom. The standard InChI is InChI=1S/C15H19N3O2/c16-9-12-20-14-7-5-13(6-8-14)17-15(19)18-10-3-1-2-4-11-18/h5-8H,1-4,10-12H2,(H,17,19). The molecule has 0 saturated carbocycles. The van der Waals surface area contributed by atoms with Gasteiger partial charge in [-0.1, -0.05) is 12.8 Å². The van der Waals surface area contributed by atoms with Crippen LogP contribution in [-0.4, -0.2) is 30.6 Å². The number of amides is 2. The van der Waals surface area contributed by atoms with E-state index >= 15 is 0 Å². The molecule has 0 atom stereocenters. The second-order valence-corrected chi connectivity index (χ2v) is 4.80. The summed E-state index contributed by atoms with van der Waals surface area (Å²) in [5.41, 5.74) is 0.739. The number of carbonyl (C=O) groups is 1. The van der Waals surface area contributed by atoms with E-state index in [1.54, 1.807) is 24.3 Å². The maximum absolute atomic E-state index is 12.1. The highest BCUT2D eigenvalue weighted by Crippen LogP contribution is 2.17. The summed E-state index contributed by atoms with van der Waals surface area (Å²) in [7, 11) is 0. The van der Waals surface area contributed by atoms with Crippen LogP contribution in [0.5, 0.6) is 5.75 Å². The molecule has 1 fully saturated rings. The molecular weight excluding hydrogens is 254 g/mol. The summed E-state index contributed by atoms with van der Waals surface area (Å²) in [6.45, 7) is 1.68. The van der Waals surface area contributed by atoms with Gasteiger partial charge in [0.1, 0.15) is 11.8 Å². The van der Waals surface area contributed by atoms with E-state index in [0.717, 1.165) is 31.6 Å². The quantitative estimate of drug-likeness (QED) is 0.920. The molecule has 1 saturated heterocycles. The van der Waals surface area contributed by atoms with E-state index in [2.05, 4.69) is 5.32 Å². The van der Waals surface area contributed by atoms with Crippen LogP contribution in [-0.2, 0) is 0 Å². The van der Waals surface area contributed by atoms with Crippen LogP contribution in [0.3, 0.4) is 0 Å². The molecule has 1 aromatic rings. The summed E-state index contributed by atoms with van der Waals surface area (Å²) >= 11 is 0. The Balaban J connectivity index is 1.88. The maximum Gasteiger partial charge on any atom is 0.321 e. The molecule has 1 aliphatic rings. The van der Waals surface area contributed by atoms with E-state index in [9.17, 15) is 4.79 Å². The van der Waals surface area contributed by atoms with Gasteiger partial charge in [0.05, 0.1) is 0 Å². The Hall–Kier alpha value is -2.22. The van der Waals surface area contributed by atoms with Crippen molar-refractivity contribution in [3.8, 4) is 11.8 Å². The van der Waals surface area contributed by atoms with E-state index in [1.165, 1.54) is 12.8 Å². The van der Waals surface area contributed by atoms with E-state index in [1.807, 2.05) is 11.0 Å². The average Bonchev–Trinajstić information content (AvgIpc) is 2.75. The summed E-state index contributed by atoms with van der Waals surface area (Å²) in [6.07, 6.45) is 4.56. The van der Waals surface area contributed by atoms with Gasteiger partial charge in [0.2, 0.25) is 0 Å². The second-order valence-electron chi connectivity index (χ2n) is 4.80. The van der Waals surface area contributed by atoms with Crippen LogP contribution in [0.1, 0.15) is 25.7 Å². The minimum absolute atomic E-state index is 0.0273. The third-order valence-electron chi connectivity index (χ3n) is 3.30. The number of nitrogens with zero attached hydrogens (tertiary/aromatic N) is 2. The van der Waals surface area contributed by atoms with E-state index in [0.29, 0.717) is 5.75 Å². The van der Waals surface area contributed by atoms with Crippen LogP contribution >= 0.6 is 0 Å². The van der Waals surface area contributed by atoms with Crippen LogP contribution in [0.15, 0.2) is 24.3 Å². The normalized spacial score (nSPS) is 15.1. The number of urea groups is 1. The number of rotatable bonds is 3. The molecule has 106 valence electrons. The van der Waals surface area contributed by atoms with Gasteiger partial charge in [-0.15, -0.1) is 0 Å². The first-order valence-electron chi connectivity index (χ1n) is 6.95. The Labute approximate surface area is 119 Å². The van der Waals surface area contributed by atoms with Crippen LogP contribution in [0.25, 0.3) is 0 Å². The predicted molar refractivity (Wildman–Crippen MR) is 76.6 cm³/mol. The van der Waals surface area contributed by atoms with E-state index in [4.69, 9.17) is 10.00 Å². The molecule has 0 spiro atoms. The third-order valence-corrected chi connectivity index (χ3v) is 3.30. The highest BCUT2D eigenvalue weighted by atomic mass is 16.5. The number of carbonyl (C=O) groups excluding carboxylic acids is 1. The lowest BCUT2D eigenvalue weighted by Gasteiger charge is -2.20. The third kappa shape index (κ3) is 4.16. The van der Waals surface area contributed by atoms with Crippen molar-refractivity contribution in [1.29, 1.82) is 5.26 Å². The smallest absolute Gasteiger partial charge is 0.321 e. The zero-order chi connectivity index (χ0) is 14.2. The summed E-state index contributed by atoms with van der Waals surface area (Å²) in [5.74, 6) is 0.624. The number of anilines is 1. The highest BCUT2D eigenvalue weighted by Gasteiger charge is 2.15. The topological polar surface area (TPSA) is 65.4 Å². The lowest BCUT2D eigenvalue weighted by atomic mass is 10.2. The predicted octanol–water partition coefficient (Wildman–Crippen LogP) is 3.00. The maximum atomic E-state index is 12.1. The Morgan fingerprint density at radius 3 is 2.45 bits per heavy atom. The van der Waals surface area contributed by atoms with Crippen LogP contribution in [0.4, 0.5) is 10.5 Å². The number of hydrogen-bond donors (Lipinski definition) is 1. The minimum atomic E-state index is -0.0439. The summed E-state index contributed by atoms with van der Waals surface area (Å²) < 4.78 is 5.16. The number of hydrogen-bond acceptors (Lipinski definition) is 3. The van der Waals surface area contributed by atoms with E-state index in [-0.39, 0.29) is 12.6 Å². The molecule has 1 aliphatic heterocycles. The van der Waals surface area contributed by atoms with Gasteiger partial charge < -0.3 is 15.0 Å². The van der Waals surface area contributed by atoms with Gasteiger partial charge in [0.25, 0.3) is 0 Å². The van der Waals surface area contributed by atoms with Crippen molar-refractivity contribution >= 4 is 11.7 Å². The molecule has 1 N–H and O–H groups in total. The lowest BCUT2D eigenvalue weighted by Crippen LogP contribution is -2.35. The Bertz CT molecular complexity index is 471. The molecule has 1 aromatic carbocycles. The van der Waals surface area contributed by atoms with Gasteiger partial charge in [-0.25, -0.2) is 4.79 Å². The average molecular weight is 273 g/mol. The van der Waals surface area contributed by atoms with Gasteiger partial charge in [-0.05, 0) is 37.1 Å². The number of benzene rings is 1. The lowest BCUT2D eigenvalue weighted by molar-refractivity contribution is 0.214. The Kier molecular flexibility index (Phi) is 5.24. The molecule has 1 heterocycles. The first-order chi connectivity index (χ1) is 9.79. The monoisotopic (exact) mass is 273 g/mol. The number of likely N-dealkylation sites (tertiary alicyclic amines) is 1. The van der Waals surface area contributed by atoms with Crippen molar-refractivity contribution < 1.29 is 9.53 Å². The Morgan fingerprint density at radius 1 is 1.20 bits per heavy atom. The van der Waals surface area contributed by atoms with Crippen molar-refractivity contribution in [2.75, 3.05) is 25.0 Å². The number of nitriles is 1. The molecular formula is C15H19N3O2. The van der Waals surface area contributed by atoms with Gasteiger partial charge >= 0.3 is 6.03 Å². The van der Waals surface area contributed by atoms with Gasteiger partial charge in [-0.3, -0.25) is 0 Å². The van der Waals surface area contributed by atoms with Crippen LogP contribution in [0, 0.1) is 11.3 Å². The zero-order valence-electron chi connectivity index (χ0n) is 11.5. The largest absolute Gasteiger partial charge is 0.479 e. The van der Waals surface area contributed by atoms with Crippen molar-refractivity contribution in [2.45, 2.75) is 25.7 Å². The van der Waals surface area contributed by atoms with Crippen LogP contribution < -0.4 is 10.1 Å². The van der Waals surface area contributed by atoms with Crippen molar-refractivity contribution in [2.24, 2.45) is 0 Å². The minimum Gasteiger partial charge on any atom is -0.479 e. The molecule has 2 rings (SSSR count). The van der Waals surface area contributed by atoms with Crippen molar-refractivity contribution in [3.63, 3.8) is 0 Å². The van der Waals surface area contributed by atoms with Crippen molar-refractivity contribution in [1.82, 2.24) is 4.90 Å². The first kappa shape index (κ1) is 14.2. The fraction of sp³-hybridized carbons (Fsp3) is 0.467. The highest BCUT2D eigenvalue weighted by molar-refractivity contribution is 5.89. The van der Waals surface area contributed by atoms with Gasteiger partial charge in [0, 0.05) is 18.8 Å². The summed E-state index contributed by atoms with van der Waals surface area (Å²) in [5, 5.41) is 11.3. The SMILES string of the molecule is N#CCOc1ccc(NC(=O)N2CCCCCC2)cc1. The molecule has 5 heteroatoms. The summed E-state index contributed by atoms with van der Waals surface area (Å²) in [4.78, 5) is 14.0. The summed E-state index contributed by atoms with van der Waals surface area (Å²) in [6, 6.07) is 8.92. The van der Waals surface area contributed by atoms with Gasteiger partial charge in [-0.2, -0.15) is 5.26 Å². The van der Waals surface area contributed by atoms with Crippen LogP contribution in [0.2, 0.25) is 0 Å². The number of ether oxygens (including phenoxy) is 1. The molecule has 0 radical (unpaired) electrons. The van der Waals surface area contributed by atoms with E-state index < -0.39 is 0 Å². The molecule has 20 heavy (non-hydrogen) atoms. The molecule has 0 aromatic heterocycles. The fourth-order valence-electron chi connectivity index (χ4n) is 2.23. The molecule has 0 bridgehead atoms.